The first-order chi connectivity index (χ1) is 8.91. The molecule has 0 bridgehead atoms. The number of unbranched alkanes of at least 4 members (excludes halogenated alkanes) is 13. The molecule has 0 rings (SSSR count). The monoisotopic (exact) mass is 254 g/mol. The second kappa shape index (κ2) is 16.5. The van der Waals surface area contributed by atoms with Crippen LogP contribution in [0.4, 0.5) is 0 Å². The number of hydrazone groups is 1. The molecule has 0 amide bonds. The molecule has 0 saturated heterocycles. The lowest BCUT2D eigenvalue weighted by Crippen LogP contribution is -1.85. The van der Waals surface area contributed by atoms with Crippen LogP contribution in [0.25, 0.3) is 0 Å². The third-order valence-electron chi connectivity index (χ3n) is 3.54. The van der Waals surface area contributed by atoms with Gasteiger partial charge in [0.05, 0.1) is 0 Å². The van der Waals surface area contributed by atoms with Gasteiger partial charge in [-0.25, -0.2) is 0 Å². The van der Waals surface area contributed by atoms with E-state index in [1.807, 2.05) is 6.21 Å². The maximum Gasteiger partial charge on any atom is 0.0240 e. The molecule has 0 aliphatic rings. The molecule has 0 atom stereocenters. The first kappa shape index (κ1) is 17.5. The molecule has 108 valence electrons. The van der Waals surface area contributed by atoms with Crippen LogP contribution in [-0.4, -0.2) is 6.21 Å². The zero-order valence-corrected chi connectivity index (χ0v) is 12.5. The lowest BCUT2D eigenvalue weighted by atomic mass is 10.0. The van der Waals surface area contributed by atoms with Gasteiger partial charge in [-0.15, -0.1) is 0 Å². The van der Waals surface area contributed by atoms with E-state index in [0.29, 0.717) is 0 Å². The Morgan fingerprint density at radius 1 is 0.667 bits per heavy atom. The Hall–Kier alpha value is -0.530. The summed E-state index contributed by atoms with van der Waals surface area (Å²) in [7, 11) is 0. The maximum absolute atomic E-state index is 5.05. The standard InChI is InChI=1S/C16H34N2/c1-2-3-4-5-6-7-8-9-10-11-12-13-14-15-16-18-17/h16H,2-15,17H2,1H3/b18-16+. The number of rotatable bonds is 14. The van der Waals surface area contributed by atoms with E-state index in [2.05, 4.69) is 12.0 Å². The Kier molecular flexibility index (Phi) is 16.0. The van der Waals surface area contributed by atoms with Gasteiger partial charge in [-0.1, -0.05) is 84.0 Å². The van der Waals surface area contributed by atoms with Gasteiger partial charge in [0.2, 0.25) is 0 Å². The maximum atomic E-state index is 5.05. The second-order valence-corrected chi connectivity index (χ2v) is 5.36. The number of hydrogen-bond donors (Lipinski definition) is 1. The molecule has 0 fully saturated rings. The fourth-order valence-corrected chi connectivity index (χ4v) is 2.33. The smallest absolute Gasteiger partial charge is 0.0240 e. The number of hydrogen-bond acceptors (Lipinski definition) is 2. The summed E-state index contributed by atoms with van der Waals surface area (Å²) < 4.78 is 0. The van der Waals surface area contributed by atoms with Crippen molar-refractivity contribution in [3.63, 3.8) is 0 Å². The van der Waals surface area contributed by atoms with Crippen molar-refractivity contribution in [2.24, 2.45) is 10.9 Å². The molecule has 0 aromatic heterocycles. The van der Waals surface area contributed by atoms with Crippen molar-refractivity contribution in [1.82, 2.24) is 0 Å². The van der Waals surface area contributed by atoms with Crippen LogP contribution in [0.2, 0.25) is 0 Å². The van der Waals surface area contributed by atoms with Crippen molar-refractivity contribution in [3.8, 4) is 0 Å². The van der Waals surface area contributed by atoms with E-state index in [9.17, 15) is 0 Å². The van der Waals surface area contributed by atoms with Crippen molar-refractivity contribution in [2.45, 2.75) is 96.8 Å². The van der Waals surface area contributed by atoms with Crippen LogP contribution in [-0.2, 0) is 0 Å². The van der Waals surface area contributed by atoms with E-state index in [-0.39, 0.29) is 0 Å². The summed E-state index contributed by atoms with van der Waals surface area (Å²) in [5, 5.41) is 3.50. The summed E-state index contributed by atoms with van der Waals surface area (Å²) in [5.41, 5.74) is 0. The molecular weight excluding hydrogens is 220 g/mol. The zero-order chi connectivity index (χ0) is 13.3. The first-order valence-corrected chi connectivity index (χ1v) is 8.13. The highest BCUT2D eigenvalue weighted by Gasteiger charge is 1.93. The topological polar surface area (TPSA) is 38.4 Å². The van der Waals surface area contributed by atoms with E-state index in [1.165, 1.54) is 83.5 Å². The van der Waals surface area contributed by atoms with Gasteiger partial charge in [0.25, 0.3) is 0 Å². The largest absolute Gasteiger partial charge is 0.324 e. The van der Waals surface area contributed by atoms with Crippen LogP contribution in [0.15, 0.2) is 5.10 Å². The second-order valence-electron chi connectivity index (χ2n) is 5.36. The summed E-state index contributed by atoms with van der Waals surface area (Å²) >= 11 is 0. The van der Waals surface area contributed by atoms with Gasteiger partial charge in [0.15, 0.2) is 0 Å². The minimum absolute atomic E-state index is 1.05. The molecule has 0 spiro atoms. The average Bonchev–Trinajstić information content (AvgIpc) is 2.39. The first-order valence-electron chi connectivity index (χ1n) is 8.13. The van der Waals surface area contributed by atoms with Gasteiger partial charge in [0, 0.05) is 6.21 Å². The lowest BCUT2D eigenvalue weighted by molar-refractivity contribution is 0.541. The lowest BCUT2D eigenvalue weighted by Gasteiger charge is -2.02. The molecule has 2 N–H and O–H groups in total. The van der Waals surface area contributed by atoms with Crippen LogP contribution in [0.3, 0.4) is 0 Å². The zero-order valence-electron chi connectivity index (χ0n) is 12.5. The van der Waals surface area contributed by atoms with Crippen LogP contribution in [0.1, 0.15) is 96.8 Å². The molecule has 0 aromatic carbocycles. The summed E-state index contributed by atoms with van der Waals surface area (Å²) in [4.78, 5) is 0. The summed E-state index contributed by atoms with van der Waals surface area (Å²) in [6, 6.07) is 0. The molecule has 0 aliphatic carbocycles. The quantitative estimate of drug-likeness (QED) is 0.191. The molecule has 0 aliphatic heterocycles. The highest BCUT2D eigenvalue weighted by molar-refractivity contribution is 5.56. The van der Waals surface area contributed by atoms with Crippen molar-refractivity contribution < 1.29 is 0 Å². The van der Waals surface area contributed by atoms with Crippen LogP contribution in [0.5, 0.6) is 0 Å². The minimum Gasteiger partial charge on any atom is -0.324 e. The Labute approximate surface area is 114 Å². The minimum atomic E-state index is 1.05. The molecule has 0 unspecified atom stereocenters. The summed E-state index contributed by atoms with van der Waals surface area (Å²) in [5.74, 6) is 5.05. The van der Waals surface area contributed by atoms with Crippen molar-refractivity contribution in [2.75, 3.05) is 0 Å². The van der Waals surface area contributed by atoms with Gasteiger partial charge in [-0.2, -0.15) is 5.10 Å². The fraction of sp³-hybridized carbons (Fsp3) is 0.938. The third-order valence-corrected chi connectivity index (χ3v) is 3.54. The molecule has 0 heterocycles. The van der Waals surface area contributed by atoms with E-state index in [1.54, 1.807) is 0 Å². The van der Waals surface area contributed by atoms with Crippen molar-refractivity contribution in [3.05, 3.63) is 0 Å². The van der Waals surface area contributed by atoms with E-state index >= 15 is 0 Å². The van der Waals surface area contributed by atoms with Gasteiger partial charge < -0.3 is 5.84 Å². The molecule has 18 heavy (non-hydrogen) atoms. The molecule has 2 nitrogen and oxygen atoms in total. The Balaban J connectivity index is 2.90. The molecular formula is C16H34N2. The number of nitrogens with two attached hydrogens (primary N) is 1. The fourth-order valence-electron chi connectivity index (χ4n) is 2.33. The third kappa shape index (κ3) is 15.5. The molecule has 0 saturated carbocycles. The Morgan fingerprint density at radius 3 is 1.44 bits per heavy atom. The van der Waals surface area contributed by atoms with Gasteiger partial charge >= 0.3 is 0 Å². The molecule has 0 aromatic rings. The van der Waals surface area contributed by atoms with E-state index < -0.39 is 0 Å². The Morgan fingerprint density at radius 2 is 1.06 bits per heavy atom. The van der Waals surface area contributed by atoms with Crippen molar-refractivity contribution in [1.29, 1.82) is 0 Å². The van der Waals surface area contributed by atoms with E-state index in [4.69, 9.17) is 5.84 Å². The van der Waals surface area contributed by atoms with Crippen LogP contribution in [0, 0.1) is 0 Å². The average molecular weight is 254 g/mol. The predicted octanol–water partition coefficient (Wildman–Crippen LogP) is 5.41. The van der Waals surface area contributed by atoms with Gasteiger partial charge in [0.1, 0.15) is 0 Å². The van der Waals surface area contributed by atoms with Crippen molar-refractivity contribution >= 4 is 6.21 Å². The number of nitrogens with zero attached hydrogens (tertiary/aromatic N) is 1. The molecule has 2 heteroatoms. The molecule has 0 radical (unpaired) electrons. The van der Waals surface area contributed by atoms with Gasteiger partial charge in [-0.05, 0) is 12.8 Å². The predicted molar refractivity (Wildman–Crippen MR) is 83.0 cm³/mol. The highest BCUT2D eigenvalue weighted by atomic mass is 15.1. The summed E-state index contributed by atoms with van der Waals surface area (Å²) in [6.07, 6.45) is 21.2. The SMILES string of the molecule is CCCCCCCCCCCCCCC/C=N/N. The Bertz CT molecular complexity index is 166. The van der Waals surface area contributed by atoms with Gasteiger partial charge in [-0.3, -0.25) is 0 Å². The normalized spacial score (nSPS) is 11.4. The van der Waals surface area contributed by atoms with Crippen LogP contribution >= 0.6 is 0 Å². The summed E-state index contributed by atoms with van der Waals surface area (Å²) in [6.45, 7) is 2.28. The van der Waals surface area contributed by atoms with E-state index in [0.717, 1.165) is 6.42 Å². The van der Waals surface area contributed by atoms with Crippen LogP contribution < -0.4 is 5.84 Å². The highest BCUT2D eigenvalue weighted by Crippen LogP contribution is 2.12.